The number of hydrogen-bond acceptors (Lipinski definition) is 2. The molecule has 0 bridgehead atoms. The van der Waals surface area contributed by atoms with Crippen LogP contribution in [-0.2, 0) is 0 Å². The molecule has 0 aromatic rings. The largest absolute Gasteiger partial charge is 0.329 e. The highest BCUT2D eigenvalue weighted by molar-refractivity contribution is 4.95. The highest BCUT2D eigenvalue weighted by Gasteiger charge is 2.37. The first kappa shape index (κ1) is 17.0. The molecule has 0 heterocycles. The fraction of sp³-hybridized carbons (Fsp3) is 1.00. The Morgan fingerprint density at radius 2 is 1.68 bits per heavy atom. The molecule has 0 aromatic heterocycles. The summed E-state index contributed by atoms with van der Waals surface area (Å²) in [6, 6.07) is 0. The molecule has 0 radical (unpaired) electrons. The zero-order valence-corrected chi connectivity index (χ0v) is 13.6. The average molecular weight is 268 g/mol. The second kappa shape index (κ2) is 8.97. The fourth-order valence-electron chi connectivity index (χ4n) is 3.53. The van der Waals surface area contributed by atoms with E-state index >= 15 is 0 Å². The third-order valence-corrected chi connectivity index (χ3v) is 5.03. The summed E-state index contributed by atoms with van der Waals surface area (Å²) in [6.07, 6.45) is 12.1. The van der Waals surface area contributed by atoms with E-state index < -0.39 is 0 Å². The summed E-state index contributed by atoms with van der Waals surface area (Å²) in [7, 11) is 0. The predicted molar refractivity (Wildman–Crippen MR) is 85.4 cm³/mol. The lowest BCUT2D eigenvalue weighted by molar-refractivity contribution is 0.0429. The second-order valence-electron chi connectivity index (χ2n) is 6.66. The van der Waals surface area contributed by atoms with Crippen LogP contribution < -0.4 is 5.73 Å². The van der Waals surface area contributed by atoms with Gasteiger partial charge in [-0.1, -0.05) is 40.0 Å². The lowest BCUT2D eigenvalue weighted by Gasteiger charge is -2.47. The Kier molecular flexibility index (Phi) is 8.01. The quantitative estimate of drug-likeness (QED) is 0.635. The van der Waals surface area contributed by atoms with Gasteiger partial charge in [-0.2, -0.15) is 0 Å². The van der Waals surface area contributed by atoms with Crippen molar-refractivity contribution < 1.29 is 0 Å². The van der Waals surface area contributed by atoms with Gasteiger partial charge in [-0.3, -0.25) is 4.90 Å². The monoisotopic (exact) mass is 268 g/mol. The molecule has 0 aliphatic heterocycles. The van der Waals surface area contributed by atoms with Gasteiger partial charge in [0.2, 0.25) is 0 Å². The van der Waals surface area contributed by atoms with Crippen LogP contribution >= 0.6 is 0 Å². The molecular formula is C17H36N2. The molecule has 0 unspecified atom stereocenters. The van der Waals surface area contributed by atoms with E-state index in [1.54, 1.807) is 0 Å². The zero-order chi connectivity index (χ0) is 14.1. The maximum atomic E-state index is 6.20. The first-order valence-corrected chi connectivity index (χ1v) is 8.63. The first-order valence-electron chi connectivity index (χ1n) is 8.63. The molecule has 2 heteroatoms. The van der Waals surface area contributed by atoms with Gasteiger partial charge in [-0.15, -0.1) is 0 Å². The van der Waals surface area contributed by atoms with Gasteiger partial charge in [-0.25, -0.2) is 0 Å². The topological polar surface area (TPSA) is 29.3 Å². The van der Waals surface area contributed by atoms with E-state index in [1.807, 2.05) is 0 Å². The average Bonchev–Trinajstić information content (AvgIpc) is 2.44. The molecule has 2 nitrogen and oxygen atoms in total. The summed E-state index contributed by atoms with van der Waals surface area (Å²) in [4.78, 5) is 2.74. The van der Waals surface area contributed by atoms with Crippen molar-refractivity contribution in [1.29, 1.82) is 0 Å². The Hall–Kier alpha value is -0.0800. The molecule has 1 saturated carbocycles. The van der Waals surface area contributed by atoms with Gasteiger partial charge in [-0.05, 0) is 57.5 Å². The lowest BCUT2D eigenvalue weighted by atomic mass is 9.75. The zero-order valence-electron chi connectivity index (χ0n) is 13.6. The van der Waals surface area contributed by atoms with Gasteiger partial charge in [0.25, 0.3) is 0 Å². The number of nitrogens with zero attached hydrogens (tertiary/aromatic N) is 1. The van der Waals surface area contributed by atoms with E-state index in [9.17, 15) is 0 Å². The van der Waals surface area contributed by atoms with E-state index in [0.29, 0.717) is 5.54 Å². The van der Waals surface area contributed by atoms with E-state index in [4.69, 9.17) is 5.73 Å². The van der Waals surface area contributed by atoms with Crippen molar-refractivity contribution in [2.75, 3.05) is 19.6 Å². The summed E-state index contributed by atoms with van der Waals surface area (Å²) < 4.78 is 0. The molecule has 114 valence electrons. The van der Waals surface area contributed by atoms with Crippen molar-refractivity contribution in [1.82, 2.24) is 4.90 Å². The first-order chi connectivity index (χ1) is 9.18. The fourth-order valence-corrected chi connectivity index (χ4v) is 3.53. The van der Waals surface area contributed by atoms with Crippen LogP contribution in [-0.4, -0.2) is 30.1 Å². The third-order valence-electron chi connectivity index (χ3n) is 5.03. The SMILES string of the molecule is CCCCCCN(CCC)C1(CN)CCC(C)CC1. The van der Waals surface area contributed by atoms with E-state index in [0.717, 1.165) is 12.5 Å². The Balaban J connectivity index is 2.55. The Labute approximate surface area is 121 Å². The molecule has 0 aromatic carbocycles. The molecule has 0 spiro atoms. The van der Waals surface area contributed by atoms with Crippen LogP contribution in [0.5, 0.6) is 0 Å². The van der Waals surface area contributed by atoms with Crippen molar-refractivity contribution in [2.45, 2.75) is 84.1 Å². The van der Waals surface area contributed by atoms with Crippen LogP contribution in [0.1, 0.15) is 78.6 Å². The van der Waals surface area contributed by atoms with Crippen molar-refractivity contribution in [3.05, 3.63) is 0 Å². The minimum Gasteiger partial charge on any atom is -0.329 e. The molecule has 1 aliphatic carbocycles. The summed E-state index contributed by atoms with van der Waals surface area (Å²) in [5.41, 5.74) is 6.53. The van der Waals surface area contributed by atoms with Crippen molar-refractivity contribution >= 4 is 0 Å². The van der Waals surface area contributed by atoms with Gasteiger partial charge in [0.05, 0.1) is 0 Å². The molecular weight excluding hydrogens is 232 g/mol. The van der Waals surface area contributed by atoms with E-state index in [1.165, 1.54) is 70.9 Å². The Morgan fingerprint density at radius 3 is 2.21 bits per heavy atom. The predicted octanol–water partition coefficient (Wildman–Crippen LogP) is 4.19. The van der Waals surface area contributed by atoms with E-state index in [-0.39, 0.29) is 0 Å². The van der Waals surface area contributed by atoms with Crippen molar-refractivity contribution in [3.8, 4) is 0 Å². The Morgan fingerprint density at radius 1 is 1.00 bits per heavy atom. The molecule has 0 saturated heterocycles. The molecule has 0 amide bonds. The van der Waals surface area contributed by atoms with Crippen LogP contribution in [0.25, 0.3) is 0 Å². The van der Waals surface area contributed by atoms with Gasteiger partial charge in [0.15, 0.2) is 0 Å². The van der Waals surface area contributed by atoms with Gasteiger partial charge < -0.3 is 5.73 Å². The van der Waals surface area contributed by atoms with Crippen LogP contribution in [0, 0.1) is 5.92 Å². The molecule has 19 heavy (non-hydrogen) atoms. The maximum absolute atomic E-state index is 6.20. The number of unbranched alkanes of at least 4 members (excludes halogenated alkanes) is 3. The standard InChI is InChI=1S/C17H36N2/c1-4-6-7-8-14-19(13-5-2)17(15-18)11-9-16(3)10-12-17/h16H,4-15,18H2,1-3H3. The van der Waals surface area contributed by atoms with Crippen molar-refractivity contribution in [2.24, 2.45) is 11.7 Å². The van der Waals surface area contributed by atoms with E-state index in [2.05, 4.69) is 25.7 Å². The van der Waals surface area contributed by atoms with Gasteiger partial charge >= 0.3 is 0 Å². The number of rotatable bonds is 9. The van der Waals surface area contributed by atoms with Gasteiger partial charge in [0.1, 0.15) is 0 Å². The smallest absolute Gasteiger partial charge is 0.0331 e. The lowest BCUT2D eigenvalue weighted by Crippen LogP contribution is -2.56. The highest BCUT2D eigenvalue weighted by Crippen LogP contribution is 2.36. The molecule has 1 fully saturated rings. The molecule has 2 N–H and O–H groups in total. The third kappa shape index (κ3) is 5.07. The minimum absolute atomic E-state index is 0.328. The summed E-state index contributed by atoms with van der Waals surface area (Å²) in [5, 5.41) is 0. The summed E-state index contributed by atoms with van der Waals surface area (Å²) >= 11 is 0. The van der Waals surface area contributed by atoms with Crippen LogP contribution in [0.3, 0.4) is 0 Å². The highest BCUT2D eigenvalue weighted by atomic mass is 15.2. The molecule has 1 rings (SSSR count). The molecule has 1 aliphatic rings. The number of hydrogen-bond donors (Lipinski definition) is 1. The maximum Gasteiger partial charge on any atom is 0.0331 e. The number of nitrogens with two attached hydrogens (primary N) is 1. The second-order valence-corrected chi connectivity index (χ2v) is 6.66. The van der Waals surface area contributed by atoms with Crippen molar-refractivity contribution in [3.63, 3.8) is 0 Å². The Bertz CT molecular complexity index is 219. The van der Waals surface area contributed by atoms with Gasteiger partial charge in [0, 0.05) is 12.1 Å². The summed E-state index contributed by atoms with van der Waals surface area (Å²) in [6.45, 7) is 10.3. The molecule has 0 atom stereocenters. The van der Waals surface area contributed by atoms with Crippen LogP contribution in [0.15, 0.2) is 0 Å². The van der Waals surface area contributed by atoms with Crippen LogP contribution in [0.4, 0.5) is 0 Å². The normalized spacial score (nSPS) is 27.9. The minimum atomic E-state index is 0.328. The van der Waals surface area contributed by atoms with Crippen LogP contribution in [0.2, 0.25) is 0 Å². The summed E-state index contributed by atoms with van der Waals surface area (Å²) in [5.74, 6) is 0.906.